The maximum Gasteiger partial charge on any atom is 0.165 e. The van der Waals surface area contributed by atoms with E-state index in [1.54, 1.807) is 18.2 Å². The maximum absolute atomic E-state index is 13.4. The highest BCUT2D eigenvalue weighted by Gasteiger charge is 2.48. The number of carbonyl (C=O) groups is 3. The van der Waals surface area contributed by atoms with Crippen LogP contribution in [-0.4, -0.2) is 31.3 Å². The predicted octanol–water partition coefficient (Wildman–Crippen LogP) is 3.22. The van der Waals surface area contributed by atoms with Gasteiger partial charge in [0, 0.05) is 42.4 Å². The molecule has 0 atom stereocenters. The summed E-state index contributed by atoms with van der Waals surface area (Å²) >= 11 is 0. The zero-order valence-electron chi connectivity index (χ0n) is 19.7. The molecule has 1 aromatic carbocycles. The molecule has 0 spiro atoms. The first-order valence-electron chi connectivity index (χ1n) is 11.1. The van der Waals surface area contributed by atoms with Crippen molar-refractivity contribution in [2.24, 2.45) is 10.8 Å². The summed E-state index contributed by atoms with van der Waals surface area (Å²) in [5.74, 6) is -0.583. The second-order valence-corrected chi connectivity index (χ2v) is 10.6. The summed E-state index contributed by atoms with van der Waals surface area (Å²) in [5.41, 5.74) is 0.880. The zero-order chi connectivity index (χ0) is 24.1. The average molecular weight is 454 g/mol. The normalized spacial score (nSPS) is 21.8. The molecule has 176 valence electrons. The number of carboxylic acid groups (broad SMARTS) is 1. The van der Waals surface area contributed by atoms with Gasteiger partial charge in [-0.1, -0.05) is 39.8 Å². The molecule has 0 amide bonds. The fourth-order valence-electron chi connectivity index (χ4n) is 5.19. The van der Waals surface area contributed by atoms with E-state index in [-0.39, 0.29) is 28.1 Å². The van der Waals surface area contributed by atoms with Crippen LogP contribution in [0.3, 0.4) is 0 Å². The molecule has 0 unspecified atom stereocenters. The monoisotopic (exact) mass is 453 g/mol. The second-order valence-electron chi connectivity index (χ2n) is 10.6. The fraction of sp³-hybridized carbons (Fsp3) is 0.500. The number of ketones is 2. The number of Topliss-reactive ketones (excluding diaryl/α,β-unsaturated/α-hetero) is 2. The van der Waals surface area contributed by atoms with Crippen LogP contribution in [0.1, 0.15) is 64.9 Å². The van der Waals surface area contributed by atoms with E-state index in [0.717, 1.165) is 0 Å². The van der Waals surface area contributed by atoms with E-state index in [0.29, 0.717) is 59.7 Å². The third-order valence-electron chi connectivity index (χ3n) is 6.46. The van der Waals surface area contributed by atoms with Gasteiger partial charge in [-0.15, -0.1) is 0 Å². The van der Waals surface area contributed by atoms with Gasteiger partial charge < -0.3 is 24.1 Å². The van der Waals surface area contributed by atoms with Crippen molar-refractivity contribution in [3.8, 4) is 11.5 Å². The molecule has 33 heavy (non-hydrogen) atoms. The molecule has 2 aliphatic carbocycles. The summed E-state index contributed by atoms with van der Waals surface area (Å²) in [4.78, 5) is 38.0. The van der Waals surface area contributed by atoms with Gasteiger partial charge in [0.05, 0.1) is 19.0 Å². The van der Waals surface area contributed by atoms with E-state index in [2.05, 4.69) is 0 Å². The van der Waals surface area contributed by atoms with Crippen LogP contribution >= 0.6 is 0 Å². The third-order valence-corrected chi connectivity index (χ3v) is 6.46. The molecule has 0 bridgehead atoms. The molecular formula is C26H29O7-. The van der Waals surface area contributed by atoms with Gasteiger partial charge in [0.2, 0.25) is 0 Å². The van der Waals surface area contributed by atoms with Gasteiger partial charge in [-0.05, 0) is 16.9 Å². The van der Waals surface area contributed by atoms with Crippen molar-refractivity contribution < 1.29 is 33.7 Å². The molecule has 1 heterocycles. The largest absolute Gasteiger partial charge is 0.546 e. The van der Waals surface area contributed by atoms with Gasteiger partial charge in [-0.2, -0.15) is 0 Å². The quantitative estimate of drug-likeness (QED) is 0.674. The van der Waals surface area contributed by atoms with Gasteiger partial charge >= 0.3 is 0 Å². The predicted molar refractivity (Wildman–Crippen MR) is 117 cm³/mol. The van der Waals surface area contributed by atoms with Crippen LogP contribution in [0.15, 0.2) is 40.9 Å². The first-order valence-corrected chi connectivity index (χ1v) is 11.1. The summed E-state index contributed by atoms with van der Waals surface area (Å²) in [6.45, 7) is 7.40. The molecule has 0 saturated carbocycles. The summed E-state index contributed by atoms with van der Waals surface area (Å²) in [7, 11) is 1.45. The Morgan fingerprint density at radius 1 is 1.00 bits per heavy atom. The van der Waals surface area contributed by atoms with E-state index in [4.69, 9.17) is 14.2 Å². The van der Waals surface area contributed by atoms with Crippen LogP contribution in [0.25, 0.3) is 0 Å². The van der Waals surface area contributed by atoms with Crippen LogP contribution in [-0.2, 0) is 19.1 Å². The van der Waals surface area contributed by atoms with E-state index in [1.165, 1.54) is 7.11 Å². The van der Waals surface area contributed by atoms with Crippen LogP contribution in [0, 0.1) is 10.8 Å². The lowest BCUT2D eigenvalue weighted by Crippen LogP contribution is -2.38. The number of para-hydroxylation sites is 1. The lowest BCUT2D eigenvalue weighted by Gasteiger charge is -2.43. The molecule has 7 heteroatoms. The summed E-state index contributed by atoms with van der Waals surface area (Å²) in [6.07, 6.45) is 1.78. The number of carbonyl (C=O) groups excluding carboxylic acids is 3. The standard InChI is InChI=1S/C26H30O7/c1-25(2)9-15(27)22-18(11-25)33-19-12-26(3,4)10-16(28)23(19)21(22)14-7-6-8-17(31-5)24(14)32-13-20(29)30/h6-8,21H,9-13H2,1-5H3,(H,29,30)/p-1. The minimum atomic E-state index is -1.38. The van der Waals surface area contributed by atoms with Crippen LogP contribution in [0.2, 0.25) is 0 Å². The zero-order valence-corrected chi connectivity index (χ0v) is 19.7. The number of aliphatic carboxylic acids is 1. The molecule has 0 fully saturated rings. The van der Waals surface area contributed by atoms with Gasteiger partial charge in [-0.3, -0.25) is 9.59 Å². The number of allylic oxidation sites excluding steroid dienone is 4. The Morgan fingerprint density at radius 2 is 1.55 bits per heavy atom. The van der Waals surface area contributed by atoms with Crippen molar-refractivity contribution in [3.05, 3.63) is 46.4 Å². The molecule has 3 aliphatic rings. The third kappa shape index (κ3) is 4.28. The number of methoxy groups -OCH3 is 1. The second kappa shape index (κ2) is 8.04. The minimum absolute atomic E-state index is 0.0795. The summed E-state index contributed by atoms with van der Waals surface area (Å²) < 4.78 is 17.3. The Hall–Kier alpha value is -3.09. The topological polar surface area (TPSA) is 102 Å². The van der Waals surface area contributed by atoms with Gasteiger partial charge in [0.15, 0.2) is 23.1 Å². The lowest BCUT2D eigenvalue weighted by atomic mass is 9.65. The van der Waals surface area contributed by atoms with E-state index >= 15 is 0 Å². The van der Waals surface area contributed by atoms with Crippen LogP contribution in [0.4, 0.5) is 0 Å². The van der Waals surface area contributed by atoms with Crippen molar-refractivity contribution in [1.82, 2.24) is 0 Å². The molecule has 0 aromatic heterocycles. The highest BCUT2D eigenvalue weighted by Crippen LogP contribution is 2.55. The first-order chi connectivity index (χ1) is 15.4. The lowest BCUT2D eigenvalue weighted by molar-refractivity contribution is -0.307. The molecule has 0 saturated heterocycles. The van der Waals surface area contributed by atoms with Gasteiger partial charge in [0.1, 0.15) is 18.1 Å². The Kier molecular flexibility index (Phi) is 5.63. The van der Waals surface area contributed by atoms with Crippen molar-refractivity contribution in [3.63, 3.8) is 0 Å². The Labute approximate surface area is 193 Å². The molecular weight excluding hydrogens is 424 g/mol. The molecule has 0 N–H and O–H groups in total. The Bertz CT molecular complexity index is 1050. The number of rotatable bonds is 5. The summed E-state index contributed by atoms with van der Waals surface area (Å²) in [5, 5.41) is 11.1. The van der Waals surface area contributed by atoms with E-state index in [1.807, 2.05) is 27.7 Å². The van der Waals surface area contributed by atoms with E-state index in [9.17, 15) is 19.5 Å². The maximum atomic E-state index is 13.4. The minimum Gasteiger partial charge on any atom is -0.546 e. The number of hydrogen-bond acceptors (Lipinski definition) is 7. The highest BCUT2D eigenvalue weighted by atomic mass is 16.5. The Morgan fingerprint density at radius 3 is 2.03 bits per heavy atom. The highest BCUT2D eigenvalue weighted by molar-refractivity contribution is 6.06. The number of carboxylic acids is 1. The van der Waals surface area contributed by atoms with Crippen LogP contribution < -0.4 is 14.6 Å². The molecule has 4 rings (SSSR count). The molecule has 7 nitrogen and oxygen atoms in total. The van der Waals surface area contributed by atoms with Crippen molar-refractivity contribution >= 4 is 17.5 Å². The van der Waals surface area contributed by atoms with Crippen molar-refractivity contribution in [2.45, 2.75) is 59.3 Å². The smallest absolute Gasteiger partial charge is 0.165 e. The number of ether oxygens (including phenoxy) is 3. The Balaban J connectivity index is 1.95. The summed E-state index contributed by atoms with van der Waals surface area (Å²) in [6, 6.07) is 5.14. The first kappa shape index (κ1) is 23.1. The molecule has 1 aromatic rings. The molecule has 1 aliphatic heterocycles. The van der Waals surface area contributed by atoms with Crippen molar-refractivity contribution in [1.29, 1.82) is 0 Å². The fourth-order valence-corrected chi connectivity index (χ4v) is 5.19. The van der Waals surface area contributed by atoms with E-state index < -0.39 is 18.5 Å². The van der Waals surface area contributed by atoms with Crippen LogP contribution in [0.5, 0.6) is 11.5 Å². The SMILES string of the molecule is COc1cccc(C2C3=C(CC(C)(C)CC3=O)OC3=C2C(=O)CC(C)(C)C3)c1OCC(=O)[O-]. The average Bonchev–Trinajstić information content (AvgIpc) is 2.68. The number of benzene rings is 1. The van der Waals surface area contributed by atoms with Crippen molar-refractivity contribution in [2.75, 3.05) is 13.7 Å². The van der Waals surface area contributed by atoms with Gasteiger partial charge in [-0.25, -0.2) is 0 Å². The number of hydrogen-bond donors (Lipinski definition) is 0. The van der Waals surface area contributed by atoms with Gasteiger partial charge in [0.25, 0.3) is 0 Å². The molecule has 0 radical (unpaired) electrons.